The van der Waals surface area contributed by atoms with Gasteiger partial charge in [0, 0.05) is 38.8 Å². The summed E-state index contributed by atoms with van der Waals surface area (Å²) in [7, 11) is 0. The van der Waals surface area contributed by atoms with E-state index in [1.165, 1.54) is 6.42 Å². The molecule has 1 N–H and O–H groups in total. The molecule has 5 aliphatic rings. The number of nitrogens with zero attached hydrogens (tertiary/aromatic N) is 3. The van der Waals surface area contributed by atoms with E-state index < -0.39 is 29.1 Å². The number of likely N-dealkylation sites (tertiary alicyclic amines) is 1. The molecule has 4 aliphatic heterocycles. The van der Waals surface area contributed by atoms with Gasteiger partial charge in [-0.2, -0.15) is 0 Å². The Morgan fingerprint density at radius 1 is 0.923 bits per heavy atom. The van der Waals surface area contributed by atoms with E-state index in [1.807, 2.05) is 66.5 Å². The lowest BCUT2D eigenvalue weighted by molar-refractivity contribution is -0.154. The molecule has 5 atom stereocenters. The second kappa shape index (κ2) is 10.2. The minimum absolute atomic E-state index is 0.0843. The van der Waals surface area contributed by atoms with Crippen molar-refractivity contribution in [3.8, 4) is 0 Å². The number of rotatable bonds is 6. The van der Waals surface area contributed by atoms with Crippen molar-refractivity contribution in [2.45, 2.75) is 75.3 Å². The molecule has 1 unspecified atom stereocenters. The van der Waals surface area contributed by atoms with E-state index in [9.17, 15) is 19.5 Å². The minimum atomic E-state index is -1.23. The Kier molecular flexibility index (Phi) is 6.88. The molecule has 0 radical (unpaired) electrons. The second-order valence-electron chi connectivity index (χ2n) is 11.9. The highest BCUT2D eigenvalue weighted by atomic mass is 16.5. The van der Waals surface area contributed by atoms with Gasteiger partial charge in [-0.05, 0) is 31.7 Å². The first-order valence-corrected chi connectivity index (χ1v) is 14.5. The summed E-state index contributed by atoms with van der Waals surface area (Å²) in [6.07, 6.45) is 13.4. The molecule has 1 aromatic rings. The Morgan fingerprint density at radius 2 is 1.67 bits per heavy atom. The first kappa shape index (κ1) is 26.3. The normalized spacial score (nSPS) is 34.7. The van der Waals surface area contributed by atoms with E-state index in [0.717, 1.165) is 31.2 Å². The van der Waals surface area contributed by atoms with Gasteiger partial charge in [0.05, 0.1) is 17.4 Å². The van der Waals surface area contributed by atoms with E-state index >= 15 is 0 Å². The number of hydrogen-bond donors (Lipinski definition) is 1. The summed E-state index contributed by atoms with van der Waals surface area (Å²) in [5.74, 6) is -2.02. The summed E-state index contributed by atoms with van der Waals surface area (Å²) < 4.78 is 6.89. The van der Waals surface area contributed by atoms with Gasteiger partial charge < -0.3 is 24.5 Å². The summed E-state index contributed by atoms with van der Waals surface area (Å²) in [6.45, 7) is 3.39. The SMILES string of the molecule is C[C@@]12C=CCN(Cc3ccccc3)C(=O)[C@@H]1[C@H]1C(=O)N(CCCO)C3C(=O)N(C4CCCCC4)CC=C[C@@]31O2. The highest BCUT2D eigenvalue weighted by molar-refractivity contribution is 6.00. The molecule has 8 nitrogen and oxygen atoms in total. The van der Waals surface area contributed by atoms with E-state index in [0.29, 0.717) is 26.1 Å². The Hall–Kier alpha value is -2.97. The maximum atomic E-state index is 14.4. The smallest absolute Gasteiger partial charge is 0.249 e. The molecular weight excluding hydrogens is 494 g/mol. The van der Waals surface area contributed by atoms with Crippen LogP contribution in [0.2, 0.25) is 0 Å². The van der Waals surface area contributed by atoms with E-state index in [2.05, 4.69) is 0 Å². The van der Waals surface area contributed by atoms with E-state index in [1.54, 1.807) is 9.80 Å². The lowest BCUT2D eigenvalue weighted by atomic mass is 9.74. The number of fused-ring (bicyclic) bond motifs is 2. The van der Waals surface area contributed by atoms with Crippen LogP contribution >= 0.6 is 0 Å². The van der Waals surface area contributed by atoms with Crippen molar-refractivity contribution in [1.82, 2.24) is 14.7 Å². The second-order valence-corrected chi connectivity index (χ2v) is 11.9. The quantitative estimate of drug-likeness (QED) is 0.568. The summed E-state index contributed by atoms with van der Waals surface area (Å²) >= 11 is 0. The summed E-state index contributed by atoms with van der Waals surface area (Å²) in [5, 5.41) is 9.62. The van der Waals surface area contributed by atoms with E-state index in [4.69, 9.17) is 4.74 Å². The van der Waals surface area contributed by atoms with Crippen LogP contribution in [-0.2, 0) is 25.7 Å². The third kappa shape index (κ3) is 4.23. The number of benzene rings is 1. The molecule has 1 aliphatic carbocycles. The molecule has 6 rings (SSSR count). The van der Waals surface area contributed by atoms with Crippen molar-refractivity contribution in [2.24, 2.45) is 11.8 Å². The van der Waals surface area contributed by atoms with Crippen LogP contribution in [-0.4, -0.2) is 87.1 Å². The van der Waals surface area contributed by atoms with Crippen LogP contribution in [0, 0.1) is 11.8 Å². The largest absolute Gasteiger partial charge is 0.396 e. The standard InChI is InChI=1S/C31H39N3O5/c1-30-15-8-17-32(21-22-11-4-2-5-12-22)27(36)24(30)25-28(37)34(19-10-20-35)26-29(38)33(23-13-6-3-7-14-23)18-9-16-31(25,26)39-30/h2,4-5,8-9,11-12,15-16,23-26,35H,3,6-7,10,13-14,17-21H2,1H3/t24-,25-,26?,30+,31-/m0/s1. The molecule has 39 heavy (non-hydrogen) atoms. The van der Waals surface area contributed by atoms with E-state index in [-0.39, 0.29) is 36.9 Å². The van der Waals surface area contributed by atoms with Crippen molar-refractivity contribution >= 4 is 17.7 Å². The molecule has 1 saturated carbocycles. The Morgan fingerprint density at radius 3 is 2.41 bits per heavy atom. The zero-order valence-corrected chi connectivity index (χ0v) is 22.7. The maximum absolute atomic E-state index is 14.4. The monoisotopic (exact) mass is 533 g/mol. The molecule has 1 spiro atoms. The van der Waals surface area contributed by atoms with Crippen LogP contribution in [0.15, 0.2) is 54.6 Å². The van der Waals surface area contributed by atoms with Gasteiger partial charge in [-0.1, -0.05) is 73.9 Å². The van der Waals surface area contributed by atoms with Gasteiger partial charge in [-0.25, -0.2) is 0 Å². The number of hydrogen-bond acceptors (Lipinski definition) is 5. The fourth-order valence-corrected chi connectivity index (χ4v) is 7.74. The average Bonchev–Trinajstić information content (AvgIpc) is 3.21. The van der Waals surface area contributed by atoms with Gasteiger partial charge in [0.1, 0.15) is 11.6 Å². The van der Waals surface area contributed by atoms with Gasteiger partial charge in [0.15, 0.2) is 0 Å². The molecule has 2 saturated heterocycles. The van der Waals surface area contributed by atoms with Crippen LogP contribution < -0.4 is 0 Å². The fourth-order valence-electron chi connectivity index (χ4n) is 7.74. The summed E-state index contributed by atoms with van der Waals surface area (Å²) in [5.41, 5.74) is -1.24. The van der Waals surface area contributed by atoms with Gasteiger partial charge >= 0.3 is 0 Å². The first-order valence-electron chi connectivity index (χ1n) is 14.5. The zero-order valence-electron chi connectivity index (χ0n) is 22.7. The summed E-state index contributed by atoms with van der Waals surface area (Å²) in [4.78, 5) is 48.3. The molecule has 4 heterocycles. The van der Waals surface area contributed by atoms with Crippen LogP contribution in [0.5, 0.6) is 0 Å². The number of aliphatic hydroxyl groups excluding tert-OH is 1. The van der Waals surface area contributed by atoms with Crippen molar-refractivity contribution in [3.63, 3.8) is 0 Å². The molecule has 0 bridgehead atoms. The third-order valence-electron chi connectivity index (χ3n) is 9.46. The average molecular weight is 534 g/mol. The molecule has 208 valence electrons. The lowest BCUT2D eigenvalue weighted by Crippen LogP contribution is -2.57. The zero-order chi connectivity index (χ0) is 27.2. The van der Waals surface area contributed by atoms with Gasteiger partial charge in [-0.15, -0.1) is 0 Å². The Bertz CT molecular complexity index is 1180. The van der Waals surface area contributed by atoms with Gasteiger partial charge in [0.25, 0.3) is 0 Å². The molecule has 1 aromatic carbocycles. The molecule has 3 fully saturated rings. The number of carbonyl (C=O) groups excluding carboxylic acids is 3. The predicted molar refractivity (Wildman–Crippen MR) is 145 cm³/mol. The van der Waals surface area contributed by atoms with Crippen molar-refractivity contribution in [3.05, 3.63) is 60.2 Å². The molecular formula is C31H39N3O5. The Balaban J connectivity index is 1.40. The van der Waals surface area contributed by atoms with Crippen molar-refractivity contribution in [1.29, 1.82) is 0 Å². The number of amides is 3. The molecule has 8 heteroatoms. The van der Waals surface area contributed by atoms with Crippen molar-refractivity contribution in [2.75, 3.05) is 26.2 Å². The van der Waals surface area contributed by atoms with Crippen LogP contribution in [0.4, 0.5) is 0 Å². The summed E-state index contributed by atoms with van der Waals surface area (Å²) in [6, 6.07) is 9.13. The van der Waals surface area contributed by atoms with Crippen LogP contribution in [0.3, 0.4) is 0 Å². The van der Waals surface area contributed by atoms with Crippen LogP contribution in [0.1, 0.15) is 51.0 Å². The third-order valence-corrected chi connectivity index (χ3v) is 9.46. The predicted octanol–water partition coefficient (Wildman–Crippen LogP) is 2.67. The Labute approximate surface area is 230 Å². The first-order chi connectivity index (χ1) is 18.9. The lowest BCUT2D eigenvalue weighted by Gasteiger charge is -2.40. The number of carbonyl (C=O) groups is 3. The number of ether oxygens (including phenoxy) is 1. The number of aliphatic hydroxyl groups is 1. The fraction of sp³-hybridized carbons (Fsp3) is 0.581. The van der Waals surface area contributed by atoms with Gasteiger partial charge in [-0.3, -0.25) is 14.4 Å². The minimum Gasteiger partial charge on any atom is -0.396 e. The topological polar surface area (TPSA) is 90.4 Å². The highest BCUT2D eigenvalue weighted by Gasteiger charge is 2.74. The maximum Gasteiger partial charge on any atom is 0.249 e. The highest BCUT2D eigenvalue weighted by Crippen LogP contribution is 2.57. The molecule has 3 amide bonds. The van der Waals surface area contributed by atoms with Crippen molar-refractivity contribution < 1.29 is 24.2 Å². The van der Waals surface area contributed by atoms with Gasteiger partial charge in [0.2, 0.25) is 17.7 Å². The molecule has 0 aromatic heterocycles. The van der Waals surface area contributed by atoms with Crippen LogP contribution in [0.25, 0.3) is 0 Å².